The molecule has 124 valence electrons. The number of benzene rings is 2. The Bertz CT molecular complexity index is 773. The average molecular weight is 328 g/mol. The first-order valence-corrected chi connectivity index (χ1v) is 7.27. The second-order valence-electron chi connectivity index (χ2n) is 5.27. The molecule has 0 unspecified atom stereocenters. The molecule has 24 heavy (non-hydrogen) atoms. The maximum atomic E-state index is 12.2. The van der Waals surface area contributed by atoms with Crippen molar-refractivity contribution in [1.29, 1.82) is 0 Å². The van der Waals surface area contributed by atoms with E-state index in [0.29, 0.717) is 12.2 Å². The van der Waals surface area contributed by atoms with E-state index in [4.69, 9.17) is 14.7 Å². The minimum Gasteiger partial charge on any atom is -0.497 e. The van der Waals surface area contributed by atoms with E-state index >= 15 is 0 Å². The largest absolute Gasteiger partial charge is 0.497 e. The van der Waals surface area contributed by atoms with Crippen molar-refractivity contribution in [3.8, 4) is 5.75 Å². The van der Waals surface area contributed by atoms with Crippen LogP contribution in [-0.4, -0.2) is 24.3 Å². The van der Waals surface area contributed by atoms with E-state index in [2.05, 4.69) is 0 Å². The van der Waals surface area contributed by atoms with Crippen LogP contribution in [0.25, 0.3) is 0 Å². The number of anilines is 1. The molecule has 2 aromatic rings. The van der Waals surface area contributed by atoms with Gasteiger partial charge in [0.1, 0.15) is 12.4 Å². The Balaban J connectivity index is 1.92. The highest BCUT2D eigenvalue weighted by molar-refractivity contribution is 5.97. The first kappa shape index (κ1) is 15.8. The molecule has 0 aromatic heterocycles. The van der Waals surface area contributed by atoms with E-state index in [1.807, 2.05) is 12.1 Å². The molecular weight excluding hydrogens is 312 g/mol. The monoisotopic (exact) mass is 328 g/mol. The van der Waals surface area contributed by atoms with Crippen LogP contribution in [0.4, 0.5) is 10.5 Å². The summed E-state index contributed by atoms with van der Waals surface area (Å²) in [6.07, 6.45) is -0.486. The third kappa shape index (κ3) is 3.02. The summed E-state index contributed by atoms with van der Waals surface area (Å²) in [5.41, 5.74) is 4.11. The fourth-order valence-electron chi connectivity index (χ4n) is 2.52. The zero-order valence-corrected chi connectivity index (χ0v) is 13.0. The Hall–Kier alpha value is -3.06. The molecular formula is C17H16N2O5. The summed E-state index contributed by atoms with van der Waals surface area (Å²) in [6.45, 7) is 0.439. The Morgan fingerprint density at radius 3 is 2.71 bits per heavy atom. The third-order valence-corrected chi connectivity index (χ3v) is 3.81. The van der Waals surface area contributed by atoms with Gasteiger partial charge in [0.15, 0.2) is 0 Å². The Labute approximate surface area is 138 Å². The number of fused-ring (bicyclic) bond motifs is 1. The Kier molecular flexibility index (Phi) is 4.35. The minimum absolute atomic E-state index is 0.147. The highest BCUT2D eigenvalue weighted by atomic mass is 16.6. The first-order valence-electron chi connectivity index (χ1n) is 7.27. The average Bonchev–Trinajstić information content (AvgIpc) is 2.63. The number of methoxy groups -OCH3 is 1. The predicted molar refractivity (Wildman–Crippen MR) is 85.1 cm³/mol. The van der Waals surface area contributed by atoms with Gasteiger partial charge < -0.3 is 9.47 Å². The van der Waals surface area contributed by atoms with Crippen molar-refractivity contribution in [3.05, 3.63) is 59.2 Å². The number of hydrogen-bond donors (Lipinski definition) is 2. The molecule has 1 aliphatic heterocycles. The molecule has 0 spiro atoms. The van der Waals surface area contributed by atoms with Crippen molar-refractivity contribution in [2.45, 2.75) is 13.2 Å². The van der Waals surface area contributed by atoms with Crippen LogP contribution in [0.5, 0.6) is 5.75 Å². The summed E-state index contributed by atoms with van der Waals surface area (Å²) in [4.78, 5) is 25.2. The van der Waals surface area contributed by atoms with Crippen LogP contribution in [0, 0.1) is 0 Å². The molecule has 0 atom stereocenters. The molecule has 7 heteroatoms. The van der Waals surface area contributed by atoms with Gasteiger partial charge in [0.2, 0.25) is 0 Å². The fourth-order valence-corrected chi connectivity index (χ4v) is 2.52. The number of cyclic esters (lactones) is 1. The maximum Gasteiger partial charge on any atom is 0.414 e. The number of carbonyl (C=O) groups is 2. The second kappa shape index (κ2) is 6.59. The van der Waals surface area contributed by atoms with Gasteiger partial charge in [0.25, 0.3) is 5.91 Å². The molecule has 0 saturated carbocycles. The van der Waals surface area contributed by atoms with E-state index in [1.165, 1.54) is 4.90 Å². The number of ether oxygens (including phenoxy) is 2. The number of rotatable bonds is 4. The lowest BCUT2D eigenvalue weighted by Gasteiger charge is -2.29. The van der Waals surface area contributed by atoms with Gasteiger partial charge in [0.05, 0.1) is 19.3 Å². The van der Waals surface area contributed by atoms with Crippen molar-refractivity contribution in [2.24, 2.45) is 0 Å². The smallest absolute Gasteiger partial charge is 0.414 e. The Morgan fingerprint density at radius 2 is 2.04 bits per heavy atom. The van der Waals surface area contributed by atoms with Gasteiger partial charge in [-0.3, -0.25) is 14.9 Å². The van der Waals surface area contributed by atoms with Crippen molar-refractivity contribution >= 4 is 17.7 Å². The molecule has 2 aromatic carbocycles. The van der Waals surface area contributed by atoms with Gasteiger partial charge in [-0.25, -0.2) is 10.3 Å². The maximum absolute atomic E-state index is 12.2. The van der Waals surface area contributed by atoms with E-state index in [0.717, 1.165) is 16.9 Å². The summed E-state index contributed by atoms with van der Waals surface area (Å²) in [5, 5.41) is 8.78. The van der Waals surface area contributed by atoms with E-state index in [9.17, 15) is 9.59 Å². The second-order valence-corrected chi connectivity index (χ2v) is 5.27. The summed E-state index contributed by atoms with van der Waals surface area (Å²) in [6, 6.07) is 12.1. The van der Waals surface area contributed by atoms with Crippen LogP contribution in [0.1, 0.15) is 21.5 Å². The minimum atomic E-state index is -0.638. The molecule has 2 amide bonds. The zero-order valence-electron chi connectivity index (χ0n) is 13.0. The molecule has 0 fully saturated rings. The van der Waals surface area contributed by atoms with E-state index < -0.39 is 12.0 Å². The number of hydrogen-bond acceptors (Lipinski definition) is 5. The molecule has 2 N–H and O–H groups in total. The molecule has 1 aliphatic rings. The number of nitrogens with zero attached hydrogens (tertiary/aromatic N) is 1. The van der Waals surface area contributed by atoms with Crippen molar-refractivity contribution in [2.75, 3.05) is 12.0 Å². The number of nitrogens with one attached hydrogen (secondary N) is 1. The van der Waals surface area contributed by atoms with Gasteiger partial charge in [-0.2, -0.15) is 0 Å². The lowest BCUT2D eigenvalue weighted by molar-refractivity contribution is 0.0706. The van der Waals surface area contributed by atoms with Crippen LogP contribution in [0.3, 0.4) is 0 Å². The molecule has 0 radical (unpaired) electrons. The van der Waals surface area contributed by atoms with Crippen molar-refractivity contribution in [3.63, 3.8) is 0 Å². The van der Waals surface area contributed by atoms with Gasteiger partial charge in [0, 0.05) is 11.1 Å². The quantitative estimate of drug-likeness (QED) is 0.665. The van der Waals surface area contributed by atoms with Gasteiger partial charge in [-0.1, -0.05) is 18.2 Å². The molecule has 0 bridgehead atoms. The SMILES string of the molecule is COc1ccc(CN2C(=O)OCc3ccc(C(=O)NO)cc32)cc1. The van der Waals surface area contributed by atoms with Crippen LogP contribution in [0.2, 0.25) is 0 Å². The standard InChI is InChI=1S/C17H16N2O5/c1-23-14-6-2-11(3-7-14)9-19-15-8-12(16(20)18-22)4-5-13(15)10-24-17(19)21/h2-8,22H,9-10H2,1H3,(H,18,20). The van der Waals surface area contributed by atoms with Crippen molar-refractivity contribution < 1.29 is 24.3 Å². The van der Waals surface area contributed by atoms with Crippen molar-refractivity contribution in [1.82, 2.24) is 5.48 Å². The van der Waals surface area contributed by atoms with Gasteiger partial charge in [-0.05, 0) is 29.8 Å². The number of carbonyl (C=O) groups excluding carboxylic acids is 2. The van der Waals surface area contributed by atoms with E-state index in [1.54, 1.807) is 42.9 Å². The highest BCUT2D eigenvalue weighted by Gasteiger charge is 2.26. The topological polar surface area (TPSA) is 88.1 Å². The normalized spacial score (nSPS) is 13.1. The molecule has 0 saturated heterocycles. The Morgan fingerprint density at radius 1 is 1.29 bits per heavy atom. The number of hydroxylamine groups is 1. The van der Waals surface area contributed by atoms with Crippen LogP contribution < -0.4 is 15.1 Å². The zero-order chi connectivity index (χ0) is 17.1. The lowest BCUT2D eigenvalue weighted by atomic mass is 10.1. The van der Waals surface area contributed by atoms with Crippen LogP contribution in [0.15, 0.2) is 42.5 Å². The molecule has 0 aliphatic carbocycles. The van der Waals surface area contributed by atoms with E-state index in [-0.39, 0.29) is 12.2 Å². The lowest BCUT2D eigenvalue weighted by Crippen LogP contribution is -2.35. The molecule has 7 nitrogen and oxygen atoms in total. The predicted octanol–water partition coefficient (Wildman–Crippen LogP) is 2.47. The third-order valence-electron chi connectivity index (χ3n) is 3.81. The summed E-state index contributed by atoms with van der Waals surface area (Å²) in [5.74, 6) is 0.0865. The first-order chi connectivity index (χ1) is 11.6. The van der Waals surface area contributed by atoms with Gasteiger partial charge >= 0.3 is 6.09 Å². The van der Waals surface area contributed by atoms with Gasteiger partial charge in [-0.15, -0.1) is 0 Å². The van der Waals surface area contributed by atoms with Crippen LogP contribution >= 0.6 is 0 Å². The highest BCUT2D eigenvalue weighted by Crippen LogP contribution is 2.30. The van der Waals surface area contributed by atoms with Crippen LogP contribution in [-0.2, 0) is 17.9 Å². The summed E-state index contributed by atoms with van der Waals surface area (Å²) >= 11 is 0. The summed E-state index contributed by atoms with van der Waals surface area (Å²) < 4.78 is 10.3. The molecule has 3 rings (SSSR count). The molecule has 1 heterocycles. The number of amides is 2. The summed E-state index contributed by atoms with van der Waals surface area (Å²) in [7, 11) is 1.58. The fraction of sp³-hybridized carbons (Fsp3) is 0.176.